The number of carbonyl (C=O) groups excluding carboxylic acids is 2. The quantitative estimate of drug-likeness (QED) is 0.362. The number of benzene rings is 3. The molecule has 0 saturated heterocycles. The first-order valence-corrected chi connectivity index (χ1v) is 11.1. The molecule has 0 fully saturated rings. The average Bonchev–Trinajstić information content (AvgIpc) is 3.37. The molecule has 1 aromatic heterocycles. The van der Waals surface area contributed by atoms with E-state index in [0.29, 0.717) is 11.3 Å². The second-order valence-corrected chi connectivity index (χ2v) is 8.07. The molecule has 0 saturated carbocycles. The zero-order valence-corrected chi connectivity index (χ0v) is 19.1. The van der Waals surface area contributed by atoms with Crippen molar-refractivity contribution >= 4 is 17.9 Å². The molecule has 4 aromatic rings. The highest BCUT2D eigenvalue weighted by molar-refractivity contribution is 6.05. The van der Waals surface area contributed by atoms with Gasteiger partial charge in [0.15, 0.2) is 0 Å². The topological polar surface area (TPSA) is 71.3 Å². The fourth-order valence-electron chi connectivity index (χ4n) is 3.80. The predicted octanol–water partition coefficient (Wildman–Crippen LogP) is 5.57. The van der Waals surface area contributed by atoms with Gasteiger partial charge in [0, 0.05) is 11.6 Å². The van der Waals surface area contributed by atoms with Crippen LogP contribution in [0.4, 0.5) is 0 Å². The molecule has 1 heterocycles. The van der Waals surface area contributed by atoms with E-state index < -0.39 is 11.9 Å². The summed E-state index contributed by atoms with van der Waals surface area (Å²) in [5.41, 5.74) is 4.68. The Hall–Kier alpha value is -4.38. The lowest BCUT2D eigenvalue weighted by molar-refractivity contribution is -0.118. The molecule has 0 aliphatic heterocycles. The number of hydrogen-bond acceptors (Lipinski definition) is 3. The van der Waals surface area contributed by atoms with Crippen LogP contribution in [-0.2, 0) is 4.79 Å². The van der Waals surface area contributed by atoms with Crippen LogP contribution < -0.4 is 10.6 Å². The lowest BCUT2D eigenvalue weighted by Crippen LogP contribution is -2.37. The Morgan fingerprint density at radius 2 is 1.56 bits per heavy atom. The summed E-state index contributed by atoms with van der Waals surface area (Å²) >= 11 is 0. The molecule has 3 aromatic carbocycles. The minimum absolute atomic E-state index is 0.0921. The maximum Gasteiger partial charge on any atom is 0.268 e. The van der Waals surface area contributed by atoms with Crippen LogP contribution in [0, 0.1) is 13.8 Å². The van der Waals surface area contributed by atoms with E-state index in [1.54, 1.807) is 36.4 Å². The Balaban J connectivity index is 1.68. The Kier molecular flexibility index (Phi) is 7.04. The maximum atomic E-state index is 13.5. The van der Waals surface area contributed by atoms with Gasteiger partial charge in [0.1, 0.15) is 11.5 Å². The summed E-state index contributed by atoms with van der Waals surface area (Å²) < 4.78 is 5.40. The Morgan fingerprint density at radius 3 is 2.21 bits per heavy atom. The number of carbonyl (C=O) groups is 2. The van der Waals surface area contributed by atoms with Crippen LogP contribution >= 0.6 is 0 Å². The van der Waals surface area contributed by atoms with Crippen molar-refractivity contribution in [3.05, 3.63) is 137 Å². The smallest absolute Gasteiger partial charge is 0.268 e. The van der Waals surface area contributed by atoms with Gasteiger partial charge >= 0.3 is 0 Å². The molecule has 5 nitrogen and oxygen atoms in total. The standard InChI is InChI=1S/C29H26N2O3/c1-20-15-16-25(21(2)18-20)27(22-10-5-3-6-11-22)31-29(33)26(19-24-14-9-17-34-24)30-28(32)23-12-7-4-8-13-23/h3-19,27H,1-2H3,(H,30,32)(H,31,33)/b26-19-. The van der Waals surface area contributed by atoms with Crippen LogP contribution in [0.5, 0.6) is 0 Å². The number of aryl methyl sites for hydroxylation is 2. The number of nitrogens with one attached hydrogen (secondary N) is 2. The van der Waals surface area contributed by atoms with Crippen molar-refractivity contribution in [2.24, 2.45) is 0 Å². The third kappa shape index (κ3) is 5.51. The van der Waals surface area contributed by atoms with E-state index in [9.17, 15) is 9.59 Å². The van der Waals surface area contributed by atoms with E-state index in [1.807, 2.05) is 62.4 Å². The van der Waals surface area contributed by atoms with Crippen molar-refractivity contribution in [3.8, 4) is 0 Å². The van der Waals surface area contributed by atoms with Crippen LogP contribution in [0.2, 0.25) is 0 Å². The number of furan rings is 1. The monoisotopic (exact) mass is 450 g/mol. The average molecular weight is 451 g/mol. The van der Waals surface area contributed by atoms with Crippen molar-refractivity contribution in [2.75, 3.05) is 0 Å². The van der Waals surface area contributed by atoms with Gasteiger partial charge in [0.05, 0.1) is 12.3 Å². The van der Waals surface area contributed by atoms with E-state index in [4.69, 9.17) is 4.42 Å². The van der Waals surface area contributed by atoms with Crippen LogP contribution in [0.25, 0.3) is 6.08 Å². The molecule has 34 heavy (non-hydrogen) atoms. The summed E-state index contributed by atoms with van der Waals surface area (Å²) in [6, 6.07) is 27.7. The first-order valence-electron chi connectivity index (χ1n) is 11.1. The second kappa shape index (κ2) is 10.5. The van der Waals surface area contributed by atoms with Crippen molar-refractivity contribution in [1.29, 1.82) is 0 Å². The molecule has 0 spiro atoms. The Morgan fingerprint density at radius 1 is 0.853 bits per heavy atom. The summed E-state index contributed by atoms with van der Waals surface area (Å²) in [7, 11) is 0. The molecule has 2 N–H and O–H groups in total. The van der Waals surface area contributed by atoms with Gasteiger partial charge < -0.3 is 15.1 Å². The van der Waals surface area contributed by atoms with E-state index >= 15 is 0 Å². The summed E-state index contributed by atoms with van der Waals surface area (Å²) in [4.78, 5) is 26.4. The number of rotatable bonds is 7. The molecule has 4 rings (SSSR count). The highest BCUT2D eigenvalue weighted by Gasteiger charge is 2.22. The van der Waals surface area contributed by atoms with Crippen molar-refractivity contribution < 1.29 is 14.0 Å². The van der Waals surface area contributed by atoms with Crippen LogP contribution in [0.3, 0.4) is 0 Å². The molecule has 0 aliphatic rings. The van der Waals surface area contributed by atoms with Gasteiger partial charge in [-0.25, -0.2) is 0 Å². The molecule has 0 aliphatic carbocycles. The molecule has 5 heteroatoms. The van der Waals surface area contributed by atoms with Crippen LogP contribution in [0.15, 0.2) is 107 Å². The fraction of sp³-hybridized carbons (Fsp3) is 0.103. The minimum atomic E-state index is -0.422. The van der Waals surface area contributed by atoms with Crippen molar-refractivity contribution in [2.45, 2.75) is 19.9 Å². The molecule has 0 radical (unpaired) electrons. The largest absolute Gasteiger partial charge is 0.465 e. The predicted molar refractivity (Wildman–Crippen MR) is 133 cm³/mol. The fourth-order valence-corrected chi connectivity index (χ4v) is 3.80. The summed E-state index contributed by atoms with van der Waals surface area (Å²) in [5.74, 6) is -0.341. The highest BCUT2D eigenvalue weighted by atomic mass is 16.3. The SMILES string of the molecule is Cc1ccc(C(NC(=O)/C(=C/c2ccco2)NC(=O)c2ccccc2)c2ccccc2)c(C)c1. The van der Waals surface area contributed by atoms with Gasteiger partial charge in [-0.1, -0.05) is 72.3 Å². The minimum Gasteiger partial charge on any atom is -0.465 e. The van der Waals surface area contributed by atoms with Crippen LogP contribution in [0.1, 0.15) is 44.4 Å². The number of hydrogen-bond donors (Lipinski definition) is 2. The first kappa shape index (κ1) is 22.8. The van der Waals surface area contributed by atoms with Gasteiger partial charge in [-0.15, -0.1) is 0 Å². The summed E-state index contributed by atoms with van der Waals surface area (Å²) in [6.07, 6.45) is 3.04. The van der Waals surface area contributed by atoms with E-state index in [-0.39, 0.29) is 11.6 Å². The Bertz CT molecular complexity index is 1290. The van der Waals surface area contributed by atoms with Crippen molar-refractivity contribution in [3.63, 3.8) is 0 Å². The maximum absolute atomic E-state index is 13.5. The van der Waals surface area contributed by atoms with Gasteiger partial charge in [-0.2, -0.15) is 0 Å². The Labute approximate surface area is 199 Å². The van der Waals surface area contributed by atoms with Crippen molar-refractivity contribution in [1.82, 2.24) is 10.6 Å². The lowest BCUT2D eigenvalue weighted by atomic mass is 9.93. The van der Waals surface area contributed by atoms with Gasteiger partial charge in [-0.05, 0) is 54.8 Å². The number of amides is 2. The lowest BCUT2D eigenvalue weighted by Gasteiger charge is -2.23. The highest BCUT2D eigenvalue weighted by Crippen LogP contribution is 2.26. The molecule has 170 valence electrons. The normalized spacial score (nSPS) is 12.1. The zero-order chi connectivity index (χ0) is 23.9. The molecular weight excluding hydrogens is 424 g/mol. The van der Waals surface area contributed by atoms with E-state index in [1.165, 1.54) is 12.3 Å². The third-order valence-electron chi connectivity index (χ3n) is 5.50. The summed E-state index contributed by atoms with van der Waals surface area (Å²) in [5, 5.41) is 5.87. The van der Waals surface area contributed by atoms with Gasteiger partial charge in [0.25, 0.3) is 11.8 Å². The third-order valence-corrected chi connectivity index (χ3v) is 5.50. The molecule has 1 atom stereocenters. The van der Waals surface area contributed by atoms with Crippen LogP contribution in [-0.4, -0.2) is 11.8 Å². The molecular formula is C29H26N2O3. The van der Waals surface area contributed by atoms with E-state index in [0.717, 1.165) is 22.3 Å². The molecule has 2 amide bonds. The first-order chi connectivity index (χ1) is 16.5. The molecule has 1 unspecified atom stereocenters. The second-order valence-electron chi connectivity index (χ2n) is 8.07. The van der Waals surface area contributed by atoms with Gasteiger partial charge in [0.2, 0.25) is 0 Å². The molecule has 0 bridgehead atoms. The van der Waals surface area contributed by atoms with Gasteiger partial charge in [-0.3, -0.25) is 9.59 Å². The summed E-state index contributed by atoms with van der Waals surface area (Å²) in [6.45, 7) is 4.07. The zero-order valence-electron chi connectivity index (χ0n) is 19.1. The van der Waals surface area contributed by atoms with E-state index in [2.05, 4.69) is 16.7 Å².